The molecule has 0 bridgehead atoms. The van der Waals surface area contributed by atoms with Gasteiger partial charge in [-0.25, -0.2) is 4.98 Å². The SMILES string of the molecule is CCc1ccc([C@@H]([NH2+]Cc2nc3scc(-c4ccco4)c3c(=O)[nH]2)C(C)C)cc1. The number of nitrogens with one attached hydrogen (secondary N) is 1. The first-order valence-electron chi connectivity index (χ1n) is 10.0. The Morgan fingerprint density at radius 1 is 1.21 bits per heavy atom. The molecule has 150 valence electrons. The van der Waals surface area contributed by atoms with E-state index in [1.54, 1.807) is 6.26 Å². The third kappa shape index (κ3) is 4.04. The Balaban J connectivity index is 1.57. The van der Waals surface area contributed by atoms with Gasteiger partial charge < -0.3 is 14.7 Å². The number of fused-ring (bicyclic) bond motifs is 1. The molecule has 3 heterocycles. The summed E-state index contributed by atoms with van der Waals surface area (Å²) in [7, 11) is 0. The smallest absolute Gasteiger partial charge is 0.260 e. The highest BCUT2D eigenvalue weighted by atomic mass is 32.1. The van der Waals surface area contributed by atoms with Crippen LogP contribution in [0.4, 0.5) is 0 Å². The van der Waals surface area contributed by atoms with Crippen LogP contribution in [-0.4, -0.2) is 9.97 Å². The molecule has 0 saturated heterocycles. The molecule has 0 aliphatic carbocycles. The van der Waals surface area contributed by atoms with Crippen molar-refractivity contribution < 1.29 is 9.73 Å². The number of hydrogen-bond donors (Lipinski definition) is 2. The van der Waals surface area contributed by atoms with Gasteiger partial charge in [0.2, 0.25) is 0 Å². The Labute approximate surface area is 173 Å². The first kappa shape index (κ1) is 19.6. The molecule has 0 spiro atoms. The van der Waals surface area contributed by atoms with Crippen molar-refractivity contribution in [3.8, 4) is 11.3 Å². The standard InChI is InChI=1S/C23H25N3O2S/c1-4-15-7-9-16(10-8-15)21(14(2)3)24-12-19-25-22(27)20-17(13-29-23(20)26-19)18-6-5-11-28-18/h5-11,13-14,21,24H,4,12H2,1-3H3,(H,25,26,27)/p+1/t21-/m0/s1. The van der Waals surface area contributed by atoms with E-state index in [-0.39, 0.29) is 5.56 Å². The van der Waals surface area contributed by atoms with Crippen LogP contribution in [-0.2, 0) is 13.0 Å². The van der Waals surface area contributed by atoms with Crippen molar-refractivity contribution in [2.24, 2.45) is 5.92 Å². The van der Waals surface area contributed by atoms with Gasteiger partial charge in [-0.15, -0.1) is 11.3 Å². The van der Waals surface area contributed by atoms with Gasteiger partial charge in [-0.3, -0.25) is 4.79 Å². The van der Waals surface area contributed by atoms with Crippen molar-refractivity contribution in [3.63, 3.8) is 0 Å². The van der Waals surface area contributed by atoms with Gasteiger partial charge in [0.25, 0.3) is 5.56 Å². The number of hydrogen-bond acceptors (Lipinski definition) is 4. The number of aryl methyl sites for hydroxylation is 1. The number of quaternary nitrogens is 1. The second-order valence-corrected chi connectivity index (χ2v) is 8.48. The number of nitrogens with two attached hydrogens (primary N) is 1. The average Bonchev–Trinajstić information content (AvgIpc) is 3.38. The lowest BCUT2D eigenvalue weighted by Gasteiger charge is -2.19. The van der Waals surface area contributed by atoms with Crippen molar-refractivity contribution in [1.82, 2.24) is 9.97 Å². The van der Waals surface area contributed by atoms with Crippen LogP contribution < -0.4 is 10.9 Å². The Morgan fingerprint density at radius 2 is 2.00 bits per heavy atom. The number of rotatable bonds is 7. The molecule has 1 atom stereocenters. The molecule has 0 aliphatic rings. The van der Waals surface area contributed by atoms with E-state index in [0.717, 1.165) is 16.8 Å². The Kier molecular flexibility index (Phi) is 5.65. The molecule has 0 fully saturated rings. The summed E-state index contributed by atoms with van der Waals surface area (Å²) in [6, 6.07) is 12.8. The highest BCUT2D eigenvalue weighted by Gasteiger charge is 2.20. The number of furan rings is 1. The molecule has 5 nitrogen and oxygen atoms in total. The fourth-order valence-corrected chi connectivity index (χ4v) is 4.66. The first-order valence-corrected chi connectivity index (χ1v) is 10.9. The third-order valence-electron chi connectivity index (χ3n) is 5.34. The first-order chi connectivity index (χ1) is 14.1. The molecule has 29 heavy (non-hydrogen) atoms. The molecular weight excluding hydrogens is 382 g/mol. The summed E-state index contributed by atoms with van der Waals surface area (Å²) >= 11 is 1.48. The van der Waals surface area contributed by atoms with Crippen LogP contribution in [0.1, 0.15) is 43.8 Å². The third-order valence-corrected chi connectivity index (χ3v) is 6.21. The minimum Gasteiger partial charge on any atom is -0.464 e. The number of H-pyrrole nitrogens is 1. The predicted octanol–water partition coefficient (Wildman–Crippen LogP) is 4.27. The number of aromatic nitrogens is 2. The Morgan fingerprint density at radius 3 is 2.66 bits per heavy atom. The van der Waals surface area contributed by atoms with Crippen LogP contribution in [0.2, 0.25) is 0 Å². The molecule has 6 heteroatoms. The summed E-state index contributed by atoms with van der Waals surface area (Å²) in [5.74, 6) is 1.86. The predicted molar refractivity (Wildman–Crippen MR) is 117 cm³/mol. The average molecular weight is 409 g/mol. The zero-order chi connectivity index (χ0) is 20.4. The summed E-state index contributed by atoms with van der Waals surface area (Å²) in [4.78, 5) is 21.2. The van der Waals surface area contributed by atoms with Crippen molar-refractivity contribution in [3.05, 3.63) is 75.3 Å². The topological polar surface area (TPSA) is 75.5 Å². The minimum absolute atomic E-state index is 0.112. The van der Waals surface area contributed by atoms with Gasteiger partial charge in [0.1, 0.15) is 23.2 Å². The highest BCUT2D eigenvalue weighted by Crippen LogP contribution is 2.30. The number of thiophene rings is 1. The normalized spacial score (nSPS) is 12.7. The van der Waals surface area contributed by atoms with Gasteiger partial charge in [-0.05, 0) is 24.1 Å². The van der Waals surface area contributed by atoms with E-state index in [0.29, 0.717) is 35.5 Å². The van der Waals surface area contributed by atoms with Gasteiger partial charge in [0.15, 0.2) is 5.82 Å². The molecule has 0 aliphatic heterocycles. The van der Waals surface area contributed by atoms with E-state index in [4.69, 9.17) is 9.40 Å². The Hall–Kier alpha value is -2.70. The van der Waals surface area contributed by atoms with E-state index in [1.165, 1.54) is 22.5 Å². The van der Waals surface area contributed by atoms with E-state index < -0.39 is 0 Å². The number of benzene rings is 1. The van der Waals surface area contributed by atoms with Crippen molar-refractivity contribution in [2.45, 2.75) is 39.8 Å². The maximum Gasteiger partial charge on any atom is 0.260 e. The van der Waals surface area contributed by atoms with Crippen molar-refractivity contribution >= 4 is 21.6 Å². The van der Waals surface area contributed by atoms with Crippen LogP contribution in [0, 0.1) is 5.92 Å². The molecule has 3 N–H and O–H groups in total. The zero-order valence-corrected chi connectivity index (χ0v) is 17.8. The largest absolute Gasteiger partial charge is 0.464 e. The van der Waals surface area contributed by atoms with Gasteiger partial charge in [0.05, 0.1) is 11.6 Å². The van der Waals surface area contributed by atoms with E-state index in [9.17, 15) is 4.79 Å². The van der Waals surface area contributed by atoms with Gasteiger partial charge in [-0.1, -0.05) is 45.0 Å². The quantitative estimate of drug-likeness (QED) is 0.480. The number of nitrogens with zero attached hydrogens (tertiary/aromatic N) is 1. The summed E-state index contributed by atoms with van der Waals surface area (Å²) in [6.07, 6.45) is 2.66. The molecule has 3 aromatic heterocycles. The van der Waals surface area contributed by atoms with Crippen molar-refractivity contribution in [1.29, 1.82) is 0 Å². The lowest BCUT2D eigenvalue weighted by Crippen LogP contribution is -2.85. The van der Waals surface area contributed by atoms with Crippen LogP contribution in [0.15, 0.2) is 57.3 Å². The van der Waals surface area contributed by atoms with Crippen molar-refractivity contribution in [2.75, 3.05) is 0 Å². The second-order valence-electron chi connectivity index (χ2n) is 7.62. The van der Waals surface area contributed by atoms with E-state index in [1.807, 2.05) is 17.5 Å². The molecule has 4 aromatic rings. The van der Waals surface area contributed by atoms with Crippen LogP contribution in [0.25, 0.3) is 21.5 Å². The summed E-state index contributed by atoms with van der Waals surface area (Å²) in [5.41, 5.74) is 3.34. The minimum atomic E-state index is -0.112. The molecule has 0 amide bonds. The van der Waals surface area contributed by atoms with Gasteiger partial charge in [0, 0.05) is 22.4 Å². The molecule has 0 saturated carbocycles. The number of aromatic amines is 1. The molecule has 0 unspecified atom stereocenters. The van der Waals surface area contributed by atoms with Gasteiger partial charge >= 0.3 is 0 Å². The van der Waals surface area contributed by atoms with E-state index >= 15 is 0 Å². The van der Waals surface area contributed by atoms with Crippen LogP contribution in [0.5, 0.6) is 0 Å². The molecular formula is C23H26N3O2S+. The van der Waals surface area contributed by atoms with Gasteiger partial charge in [-0.2, -0.15) is 0 Å². The summed E-state index contributed by atoms with van der Waals surface area (Å²) < 4.78 is 5.46. The molecule has 0 radical (unpaired) electrons. The Bertz CT molecular complexity index is 1140. The van der Waals surface area contributed by atoms with Crippen LogP contribution in [0.3, 0.4) is 0 Å². The second kappa shape index (κ2) is 8.35. The molecule has 4 rings (SSSR count). The lowest BCUT2D eigenvalue weighted by atomic mass is 9.95. The maximum absolute atomic E-state index is 12.8. The monoisotopic (exact) mass is 408 g/mol. The zero-order valence-electron chi connectivity index (χ0n) is 16.9. The fourth-order valence-electron chi connectivity index (χ4n) is 3.71. The van der Waals surface area contributed by atoms with E-state index in [2.05, 4.69) is 55.3 Å². The lowest BCUT2D eigenvalue weighted by molar-refractivity contribution is -0.718. The summed E-state index contributed by atoms with van der Waals surface area (Å²) in [6.45, 7) is 7.24. The maximum atomic E-state index is 12.8. The molecule has 1 aromatic carbocycles. The highest BCUT2D eigenvalue weighted by molar-refractivity contribution is 7.17. The van der Waals surface area contributed by atoms with Crippen LogP contribution >= 0.6 is 11.3 Å². The summed E-state index contributed by atoms with van der Waals surface area (Å²) in [5, 5.41) is 4.80. The fraction of sp³-hybridized carbons (Fsp3) is 0.304.